The van der Waals surface area contributed by atoms with Gasteiger partial charge in [0.05, 0.1) is 11.2 Å². The van der Waals surface area contributed by atoms with Gasteiger partial charge in [-0.2, -0.15) is 0 Å². The van der Waals surface area contributed by atoms with Gasteiger partial charge in [-0.25, -0.2) is 0 Å². The number of allylic oxidation sites excluding steroid dienone is 1. The summed E-state index contributed by atoms with van der Waals surface area (Å²) in [5, 5.41) is 19.4. The summed E-state index contributed by atoms with van der Waals surface area (Å²) in [5.74, 6) is 0. The first kappa shape index (κ1) is 11.7. The van der Waals surface area contributed by atoms with Gasteiger partial charge in [-0.05, 0) is 40.0 Å². The highest BCUT2D eigenvalue weighted by molar-refractivity contribution is 4.89. The van der Waals surface area contributed by atoms with E-state index in [0.717, 1.165) is 12.8 Å². The van der Waals surface area contributed by atoms with Crippen LogP contribution < -0.4 is 0 Å². The minimum absolute atomic E-state index is 0.600. The fourth-order valence-corrected chi connectivity index (χ4v) is 0.897. The van der Waals surface area contributed by atoms with E-state index in [1.165, 1.54) is 0 Å². The van der Waals surface area contributed by atoms with E-state index in [4.69, 9.17) is 0 Å². The summed E-state index contributed by atoms with van der Waals surface area (Å²) in [7, 11) is 0. The van der Waals surface area contributed by atoms with E-state index in [0.29, 0.717) is 6.42 Å². The summed E-state index contributed by atoms with van der Waals surface area (Å²) in [6.07, 6.45) is 4.16. The SMILES string of the molecule is C=CCCCC(C)(O)C(C)(C)O. The molecule has 2 N–H and O–H groups in total. The molecule has 0 saturated carbocycles. The van der Waals surface area contributed by atoms with Crippen molar-refractivity contribution in [3.8, 4) is 0 Å². The lowest BCUT2D eigenvalue weighted by atomic mass is 9.83. The van der Waals surface area contributed by atoms with Crippen LogP contribution in [0.2, 0.25) is 0 Å². The van der Waals surface area contributed by atoms with Crippen molar-refractivity contribution in [1.82, 2.24) is 0 Å². The fourth-order valence-electron chi connectivity index (χ4n) is 0.897. The van der Waals surface area contributed by atoms with Gasteiger partial charge in [-0.1, -0.05) is 6.08 Å². The molecule has 0 rings (SSSR count). The molecule has 0 aromatic heterocycles. The highest BCUT2D eigenvalue weighted by atomic mass is 16.3. The molecular formula is C10H20O2. The van der Waals surface area contributed by atoms with E-state index >= 15 is 0 Å². The maximum Gasteiger partial charge on any atom is 0.0900 e. The second-order valence-corrected chi connectivity index (χ2v) is 4.01. The number of unbranched alkanes of at least 4 members (excludes halogenated alkanes) is 1. The predicted octanol–water partition coefficient (Wildman–Crippen LogP) is 1.86. The van der Waals surface area contributed by atoms with Crippen molar-refractivity contribution in [2.45, 2.75) is 51.2 Å². The molecule has 0 aliphatic carbocycles. The molecule has 0 aromatic carbocycles. The van der Waals surface area contributed by atoms with E-state index in [9.17, 15) is 10.2 Å². The van der Waals surface area contributed by atoms with Crippen LogP contribution in [0.15, 0.2) is 12.7 Å². The minimum Gasteiger partial charge on any atom is -0.387 e. The summed E-state index contributed by atoms with van der Waals surface area (Å²) in [6, 6.07) is 0. The molecule has 12 heavy (non-hydrogen) atoms. The number of aliphatic hydroxyl groups is 2. The molecule has 0 amide bonds. The highest BCUT2D eigenvalue weighted by Gasteiger charge is 2.36. The summed E-state index contributed by atoms with van der Waals surface area (Å²) >= 11 is 0. The Labute approximate surface area is 74.9 Å². The standard InChI is InChI=1S/C10H20O2/c1-5-6-7-8-10(4,12)9(2,3)11/h5,11-12H,1,6-8H2,2-4H3. The molecule has 2 nitrogen and oxygen atoms in total. The Morgan fingerprint density at radius 2 is 1.75 bits per heavy atom. The summed E-state index contributed by atoms with van der Waals surface area (Å²) in [5.41, 5.74) is -2.04. The Morgan fingerprint density at radius 1 is 1.25 bits per heavy atom. The van der Waals surface area contributed by atoms with Gasteiger partial charge in [0.2, 0.25) is 0 Å². The summed E-state index contributed by atoms with van der Waals surface area (Å²) in [4.78, 5) is 0. The van der Waals surface area contributed by atoms with Crippen molar-refractivity contribution < 1.29 is 10.2 Å². The van der Waals surface area contributed by atoms with E-state index in [-0.39, 0.29) is 0 Å². The molecular weight excluding hydrogens is 152 g/mol. The van der Waals surface area contributed by atoms with Crippen LogP contribution in [-0.2, 0) is 0 Å². The van der Waals surface area contributed by atoms with Crippen LogP contribution in [0.5, 0.6) is 0 Å². The molecule has 0 saturated heterocycles. The topological polar surface area (TPSA) is 40.5 Å². The molecule has 1 atom stereocenters. The van der Waals surface area contributed by atoms with Crippen molar-refractivity contribution in [3.63, 3.8) is 0 Å². The molecule has 72 valence electrons. The molecule has 1 unspecified atom stereocenters. The van der Waals surface area contributed by atoms with E-state index < -0.39 is 11.2 Å². The second-order valence-electron chi connectivity index (χ2n) is 4.01. The van der Waals surface area contributed by atoms with Crippen LogP contribution in [0.3, 0.4) is 0 Å². The molecule has 0 aliphatic rings. The Kier molecular flexibility index (Phi) is 3.94. The van der Waals surface area contributed by atoms with Gasteiger partial charge < -0.3 is 10.2 Å². The minimum atomic E-state index is -1.03. The first-order valence-corrected chi connectivity index (χ1v) is 4.37. The van der Waals surface area contributed by atoms with Crippen LogP contribution in [0.1, 0.15) is 40.0 Å². The smallest absolute Gasteiger partial charge is 0.0900 e. The van der Waals surface area contributed by atoms with Gasteiger partial charge in [0.15, 0.2) is 0 Å². The van der Waals surface area contributed by atoms with Crippen molar-refractivity contribution in [2.75, 3.05) is 0 Å². The molecule has 0 radical (unpaired) electrons. The highest BCUT2D eigenvalue weighted by Crippen LogP contribution is 2.26. The zero-order chi connectivity index (χ0) is 9.83. The molecule has 0 spiro atoms. The van der Waals surface area contributed by atoms with Crippen molar-refractivity contribution >= 4 is 0 Å². The average Bonchev–Trinajstić information content (AvgIpc) is 1.85. The molecule has 0 aromatic rings. The lowest BCUT2D eigenvalue weighted by Gasteiger charge is -2.35. The summed E-state index contributed by atoms with van der Waals surface area (Å²) < 4.78 is 0. The van der Waals surface area contributed by atoms with Crippen LogP contribution in [0, 0.1) is 0 Å². The lowest BCUT2D eigenvalue weighted by Crippen LogP contribution is -2.47. The lowest BCUT2D eigenvalue weighted by molar-refractivity contribution is -0.124. The average molecular weight is 172 g/mol. The number of rotatable bonds is 5. The normalized spacial score (nSPS) is 17.1. The van der Waals surface area contributed by atoms with Crippen molar-refractivity contribution in [3.05, 3.63) is 12.7 Å². The monoisotopic (exact) mass is 172 g/mol. The van der Waals surface area contributed by atoms with Crippen molar-refractivity contribution in [2.24, 2.45) is 0 Å². The van der Waals surface area contributed by atoms with Gasteiger partial charge in [0, 0.05) is 0 Å². The first-order valence-electron chi connectivity index (χ1n) is 4.37. The fraction of sp³-hybridized carbons (Fsp3) is 0.800. The van der Waals surface area contributed by atoms with E-state index in [1.807, 2.05) is 6.08 Å². The van der Waals surface area contributed by atoms with Gasteiger partial charge in [-0.15, -0.1) is 6.58 Å². The summed E-state index contributed by atoms with van der Waals surface area (Å²) in [6.45, 7) is 8.51. The van der Waals surface area contributed by atoms with Crippen LogP contribution in [0.25, 0.3) is 0 Å². The number of hydrogen-bond acceptors (Lipinski definition) is 2. The third-order valence-corrected chi connectivity index (χ3v) is 2.39. The molecule has 0 bridgehead atoms. The first-order chi connectivity index (χ1) is 5.31. The third-order valence-electron chi connectivity index (χ3n) is 2.39. The van der Waals surface area contributed by atoms with Gasteiger partial charge in [0.25, 0.3) is 0 Å². The van der Waals surface area contributed by atoms with Gasteiger partial charge >= 0.3 is 0 Å². The largest absolute Gasteiger partial charge is 0.387 e. The Bertz CT molecular complexity index is 142. The second kappa shape index (κ2) is 4.06. The Balaban J connectivity index is 3.95. The maximum atomic E-state index is 9.79. The number of hydrogen-bond donors (Lipinski definition) is 2. The maximum absolute atomic E-state index is 9.79. The van der Waals surface area contributed by atoms with Gasteiger partial charge in [0.1, 0.15) is 0 Å². The quantitative estimate of drug-likeness (QED) is 0.491. The Morgan fingerprint density at radius 3 is 2.08 bits per heavy atom. The van der Waals surface area contributed by atoms with Crippen LogP contribution in [0.4, 0.5) is 0 Å². The zero-order valence-corrected chi connectivity index (χ0v) is 8.30. The molecule has 2 heteroatoms. The van der Waals surface area contributed by atoms with Crippen molar-refractivity contribution in [1.29, 1.82) is 0 Å². The van der Waals surface area contributed by atoms with E-state index in [2.05, 4.69) is 6.58 Å². The Hall–Kier alpha value is -0.340. The van der Waals surface area contributed by atoms with Gasteiger partial charge in [-0.3, -0.25) is 0 Å². The van der Waals surface area contributed by atoms with Crippen LogP contribution >= 0.6 is 0 Å². The van der Waals surface area contributed by atoms with Crippen LogP contribution in [-0.4, -0.2) is 21.4 Å². The molecule has 0 aliphatic heterocycles. The van der Waals surface area contributed by atoms with E-state index in [1.54, 1.807) is 20.8 Å². The third kappa shape index (κ3) is 3.37. The predicted molar refractivity (Wildman–Crippen MR) is 51.0 cm³/mol. The zero-order valence-electron chi connectivity index (χ0n) is 8.30. The molecule has 0 fully saturated rings. The molecule has 0 heterocycles.